The molecule has 2 unspecified atom stereocenters. The zero-order chi connectivity index (χ0) is 22.1. The number of halogens is 1. The summed E-state index contributed by atoms with van der Waals surface area (Å²) >= 11 is 7.78. The van der Waals surface area contributed by atoms with Gasteiger partial charge in [-0.05, 0) is 48.6 Å². The Labute approximate surface area is 187 Å². The van der Waals surface area contributed by atoms with Gasteiger partial charge >= 0.3 is 0 Å². The predicted molar refractivity (Wildman–Crippen MR) is 127 cm³/mol. The maximum Gasteiger partial charge on any atom is 0.221 e. The van der Waals surface area contributed by atoms with Crippen LogP contribution in [-0.4, -0.2) is 39.2 Å². The zero-order valence-corrected chi connectivity index (χ0v) is 19.1. The van der Waals surface area contributed by atoms with Crippen molar-refractivity contribution >= 4 is 39.9 Å². The highest BCUT2D eigenvalue weighted by Gasteiger charge is 2.28. The molecule has 1 heterocycles. The SMILES string of the molecule is CC.CC1=NC(CO)C(NC(=O)CCc2ccc(C3=C(Cl)C=C(O)C=CC3)cc2)S1. The van der Waals surface area contributed by atoms with Crippen LogP contribution in [0.5, 0.6) is 0 Å². The number of carbonyl (C=O) groups is 1. The van der Waals surface area contributed by atoms with Crippen molar-refractivity contribution in [3.05, 3.63) is 64.4 Å². The quantitative estimate of drug-likeness (QED) is 0.574. The van der Waals surface area contributed by atoms with Crippen LogP contribution >= 0.6 is 23.4 Å². The van der Waals surface area contributed by atoms with Crippen molar-refractivity contribution in [2.24, 2.45) is 4.99 Å². The number of hydrogen-bond acceptors (Lipinski definition) is 5. The number of aliphatic hydroxyl groups excluding tert-OH is 2. The molecular weight excluding hydrogens is 420 g/mol. The molecule has 0 radical (unpaired) electrons. The van der Waals surface area contributed by atoms with Gasteiger partial charge in [0.2, 0.25) is 5.91 Å². The Morgan fingerprint density at radius 1 is 1.30 bits per heavy atom. The van der Waals surface area contributed by atoms with E-state index in [9.17, 15) is 15.0 Å². The van der Waals surface area contributed by atoms with Crippen LogP contribution in [0.2, 0.25) is 0 Å². The second kappa shape index (κ2) is 12.0. The first-order valence-electron chi connectivity index (χ1n) is 10.1. The fraction of sp³-hybridized carbons (Fsp3) is 0.391. The highest BCUT2D eigenvalue weighted by Crippen LogP contribution is 2.29. The topological polar surface area (TPSA) is 81.9 Å². The Morgan fingerprint density at radius 2 is 2.00 bits per heavy atom. The van der Waals surface area contributed by atoms with Crippen LogP contribution in [0.3, 0.4) is 0 Å². The van der Waals surface area contributed by atoms with Gasteiger partial charge < -0.3 is 15.5 Å². The number of nitrogens with zero attached hydrogens (tertiary/aromatic N) is 1. The third-order valence-corrected chi connectivity index (χ3v) is 6.07. The highest BCUT2D eigenvalue weighted by molar-refractivity contribution is 8.14. The van der Waals surface area contributed by atoms with E-state index >= 15 is 0 Å². The third-order valence-electron chi connectivity index (χ3n) is 4.60. The largest absolute Gasteiger partial charge is 0.508 e. The molecular formula is C23H29ClN2O3S. The van der Waals surface area contributed by atoms with Gasteiger partial charge in [-0.25, -0.2) is 0 Å². The Balaban J connectivity index is 0.00000155. The summed E-state index contributed by atoms with van der Waals surface area (Å²) in [5.41, 5.74) is 3.01. The Morgan fingerprint density at radius 3 is 2.67 bits per heavy atom. The number of rotatable bonds is 6. The van der Waals surface area contributed by atoms with Crippen molar-refractivity contribution in [3.8, 4) is 0 Å². The van der Waals surface area contributed by atoms with E-state index < -0.39 is 0 Å². The number of thioether (sulfide) groups is 1. The molecule has 0 fully saturated rings. The average molecular weight is 449 g/mol. The molecule has 1 amide bonds. The number of aryl methyl sites for hydroxylation is 1. The average Bonchev–Trinajstić information content (AvgIpc) is 3.00. The van der Waals surface area contributed by atoms with Crippen molar-refractivity contribution in [1.82, 2.24) is 5.32 Å². The molecule has 0 bridgehead atoms. The third kappa shape index (κ3) is 6.76. The fourth-order valence-electron chi connectivity index (χ4n) is 3.13. The number of nitrogens with one attached hydrogen (secondary N) is 1. The van der Waals surface area contributed by atoms with Gasteiger partial charge in [0.05, 0.1) is 11.7 Å². The number of amides is 1. The molecule has 1 aliphatic carbocycles. The van der Waals surface area contributed by atoms with E-state index in [-0.39, 0.29) is 29.7 Å². The van der Waals surface area contributed by atoms with Crippen molar-refractivity contribution in [2.75, 3.05) is 6.61 Å². The molecule has 3 N–H and O–H groups in total. The lowest BCUT2D eigenvalue weighted by molar-refractivity contribution is -0.121. The molecule has 30 heavy (non-hydrogen) atoms. The van der Waals surface area contributed by atoms with Gasteiger partial charge in [-0.1, -0.05) is 67.6 Å². The zero-order valence-electron chi connectivity index (χ0n) is 17.6. The number of hydrogen-bond donors (Lipinski definition) is 3. The van der Waals surface area contributed by atoms with Gasteiger partial charge in [0, 0.05) is 11.5 Å². The van der Waals surface area contributed by atoms with Crippen LogP contribution in [0.4, 0.5) is 0 Å². The number of allylic oxidation sites excluding steroid dienone is 5. The van der Waals surface area contributed by atoms with E-state index in [1.165, 1.54) is 11.8 Å². The van der Waals surface area contributed by atoms with Gasteiger partial charge in [-0.15, -0.1) is 0 Å². The molecule has 3 rings (SSSR count). The lowest BCUT2D eigenvalue weighted by Gasteiger charge is -2.16. The minimum absolute atomic E-state index is 0.0507. The smallest absolute Gasteiger partial charge is 0.221 e. The minimum Gasteiger partial charge on any atom is -0.508 e. The Kier molecular flexibility index (Phi) is 9.69. The second-order valence-corrected chi connectivity index (χ2v) is 8.44. The molecule has 162 valence electrons. The van der Waals surface area contributed by atoms with E-state index in [1.54, 1.807) is 12.2 Å². The summed E-state index contributed by atoms with van der Waals surface area (Å²) in [5.74, 6) is 0.0947. The van der Waals surface area contributed by atoms with Gasteiger partial charge in [0.25, 0.3) is 0 Å². The summed E-state index contributed by atoms with van der Waals surface area (Å²) in [7, 11) is 0. The molecule has 0 spiro atoms. The van der Waals surface area contributed by atoms with E-state index in [0.717, 1.165) is 21.7 Å². The standard InChI is InChI=1S/C21H23ClN2O3S.C2H6/c1-13-23-19(12-25)21(28-13)24-20(27)10-7-14-5-8-15(9-6-14)17-4-2-3-16(26)11-18(17)22;1-2/h2-3,5-6,8-9,11,19,21,25-26H,4,7,10,12H2,1H3,(H,24,27);1-2H3. The van der Waals surface area contributed by atoms with Crippen molar-refractivity contribution in [2.45, 2.75) is 51.4 Å². The highest BCUT2D eigenvalue weighted by atomic mass is 35.5. The normalized spacial score (nSPS) is 20.7. The maximum absolute atomic E-state index is 12.2. The first kappa shape index (κ1) is 24.3. The predicted octanol–water partition coefficient (Wildman–Crippen LogP) is 4.97. The van der Waals surface area contributed by atoms with Gasteiger partial charge in [0.1, 0.15) is 17.2 Å². The van der Waals surface area contributed by atoms with Crippen molar-refractivity contribution in [3.63, 3.8) is 0 Å². The Hall–Kier alpha value is -2.02. The lowest BCUT2D eigenvalue weighted by Crippen LogP contribution is -2.39. The minimum atomic E-state index is -0.270. The van der Waals surface area contributed by atoms with E-state index in [0.29, 0.717) is 24.3 Å². The maximum atomic E-state index is 12.2. The summed E-state index contributed by atoms with van der Waals surface area (Å²) < 4.78 is 0. The number of aliphatic imine (C=N–C) groups is 1. The second-order valence-electron chi connectivity index (χ2n) is 6.70. The van der Waals surface area contributed by atoms with E-state index in [4.69, 9.17) is 11.6 Å². The van der Waals surface area contributed by atoms with Crippen LogP contribution in [0.25, 0.3) is 5.57 Å². The molecule has 1 aromatic rings. The molecule has 0 saturated carbocycles. The molecule has 2 aliphatic rings. The summed E-state index contributed by atoms with van der Waals surface area (Å²) in [6, 6.07) is 7.69. The Bertz CT molecular complexity index is 860. The number of benzene rings is 1. The van der Waals surface area contributed by atoms with Gasteiger partial charge in [0.15, 0.2) is 0 Å². The molecule has 7 heteroatoms. The molecule has 0 saturated heterocycles. The number of carbonyl (C=O) groups excluding carboxylic acids is 1. The summed E-state index contributed by atoms with van der Waals surface area (Å²) in [5, 5.41) is 23.1. The molecule has 1 aromatic carbocycles. The van der Waals surface area contributed by atoms with Crippen molar-refractivity contribution < 1.29 is 15.0 Å². The molecule has 5 nitrogen and oxygen atoms in total. The summed E-state index contributed by atoms with van der Waals surface area (Å²) in [4.78, 5) is 16.6. The van der Waals surface area contributed by atoms with Gasteiger partial charge in [-0.3, -0.25) is 9.79 Å². The van der Waals surface area contributed by atoms with Crippen LogP contribution in [-0.2, 0) is 11.2 Å². The monoisotopic (exact) mass is 448 g/mol. The van der Waals surface area contributed by atoms with Crippen molar-refractivity contribution in [1.29, 1.82) is 0 Å². The van der Waals surface area contributed by atoms with Crippen LogP contribution < -0.4 is 5.32 Å². The fourth-order valence-corrected chi connectivity index (χ4v) is 4.49. The van der Waals surface area contributed by atoms with E-state index in [2.05, 4.69) is 10.3 Å². The molecule has 1 aliphatic heterocycles. The number of aliphatic hydroxyl groups is 2. The first-order valence-corrected chi connectivity index (χ1v) is 11.4. The molecule has 0 aromatic heterocycles. The summed E-state index contributed by atoms with van der Waals surface area (Å²) in [6.45, 7) is 5.81. The first-order chi connectivity index (χ1) is 14.5. The summed E-state index contributed by atoms with van der Waals surface area (Å²) in [6.07, 6.45) is 6.70. The van der Waals surface area contributed by atoms with Crippen LogP contribution in [0, 0.1) is 0 Å². The molecule has 2 atom stereocenters. The van der Waals surface area contributed by atoms with Crippen LogP contribution in [0.15, 0.2) is 58.3 Å². The lowest BCUT2D eigenvalue weighted by atomic mass is 9.99. The van der Waals surface area contributed by atoms with Crippen LogP contribution in [0.1, 0.15) is 44.7 Å². The van der Waals surface area contributed by atoms with Gasteiger partial charge in [-0.2, -0.15) is 0 Å². The van der Waals surface area contributed by atoms with E-state index in [1.807, 2.05) is 51.1 Å².